The molecule has 0 aliphatic carbocycles. The Morgan fingerprint density at radius 1 is 0.568 bits per heavy atom. The molecular formula is C59H76F2N10O14S3. The van der Waals surface area contributed by atoms with Crippen LogP contribution in [0, 0.1) is 11.6 Å². The standard InChI is InChI=1S/C23H26FN5O4S.C20H22FN3O5S.C16H16N2O5S.6H2/c1-16(29-11-10-19-20(24)4-3-5-21(19)29)22(30)25-17-6-8-18(9-7-17)34(32,33)26-23(31)28-14-12-27(2)13-15-28;1-13(24-11-3-4-14-12-15(21)5-10-18(14)24)19(25)22-16-6-8-17(9-7-16)30(27,28)23-20(26)29-2;1-23-16(20)18-24(21,22)14-9-7-13(8-10-14)17-15(19)11-12-5-3-2-4-6-12;;;;;;/h3-11,16H,12-15H2,1-2H3,(H,25,30)(H,26,31);5-10,12-13H,3-4,11H2,1-2H3,(H,22,25)(H,23,26);2-10H,11H2,1H3,(H,17,19)(H,18,20);6*1H/t16-;13-;;;;;;;/m11......./s1. The smallest absolute Gasteiger partial charge is 0.420 e. The SMILES string of the molecule is COC(=O)NS(=O)(=O)c1ccc(NC(=O)Cc2ccccc2)cc1.COC(=O)NS(=O)(=O)c1ccc(NC(=O)[C@@H](C)N2CCCc3cc(F)ccc32)cc1.C[C@H](C(=O)Nc1ccc(S(=O)(=O)NC(=O)N2CCN(C)CC2)cc1)n1ccc2c(F)cccc21.[HH].[HH].[HH].[HH].[HH].[HH]. The molecule has 1 aromatic heterocycles. The number of carbonyl (C=O) groups excluding carboxylic acids is 6. The lowest BCUT2D eigenvalue weighted by atomic mass is 10.00. The molecule has 0 bridgehead atoms. The third-order valence-corrected chi connectivity index (χ3v) is 17.9. The molecule has 88 heavy (non-hydrogen) atoms. The van der Waals surface area contributed by atoms with Crippen LogP contribution in [0.2, 0.25) is 0 Å². The van der Waals surface area contributed by atoms with E-state index in [1.807, 2.05) is 42.3 Å². The van der Waals surface area contributed by atoms with E-state index in [1.165, 1.54) is 95.9 Å². The third-order valence-electron chi connectivity index (χ3n) is 13.9. The molecule has 7 amide bonds. The van der Waals surface area contributed by atoms with E-state index in [-0.39, 0.29) is 59.0 Å². The monoisotopic (exact) mass is 1280 g/mol. The van der Waals surface area contributed by atoms with E-state index in [0.717, 1.165) is 43.9 Å². The summed E-state index contributed by atoms with van der Waals surface area (Å²) in [4.78, 5) is 77.0. The van der Waals surface area contributed by atoms with E-state index in [1.54, 1.807) is 58.3 Å². The van der Waals surface area contributed by atoms with E-state index in [0.29, 0.717) is 60.7 Å². The highest BCUT2D eigenvalue weighted by atomic mass is 32.2. The van der Waals surface area contributed by atoms with Crippen LogP contribution in [-0.4, -0.2) is 136 Å². The quantitative estimate of drug-likeness (QED) is 0.0559. The lowest BCUT2D eigenvalue weighted by Gasteiger charge is -2.35. The van der Waals surface area contributed by atoms with E-state index in [2.05, 4.69) is 35.0 Å². The zero-order chi connectivity index (χ0) is 63.9. The fraction of sp³-hybridized carbons (Fsp3) is 0.254. The predicted octanol–water partition coefficient (Wildman–Crippen LogP) is 8.66. The first-order valence-corrected chi connectivity index (χ1v) is 31.5. The van der Waals surface area contributed by atoms with Gasteiger partial charge in [-0.2, -0.15) is 0 Å². The lowest BCUT2D eigenvalue weighted by molar-refractivity contribution is -0.119. The first-order valence-electron chi connectivity index (χ1n) is 27.0. The molecule has 2 atom stereocenters. The van der Waals surface area contributed by atoms with Crippen molar-refractivity contribution in [3.63, 3.8) is 0 Å². The molecule has 9 rings (SSSR count). The Labute approximate surface area is 516 Å². The Hall–Kier alpha value is -9.45. The van der Waals surface area contributed by atoms with Gasteiger partial charge in [-0.05, 0) is 154 Å². The van der Waals surface area contributed by atoms with Crippen LogP contribution in [-0.2, 0) is 66.8 Å². The molecular weight excluding hydrogens is 1210 g/mol. The number of likely N-dealkylation sites (N-methyl/N-ethyl adjacent to an activating group) is 1. The number of fused-ring (bicyclic) bond motifs is 2. The number of aryl methyl sites for hydroxylation is 1. The summed E-state index contributed by atoms with van der Waals surface area (Å²) >= 11 is 0. The van der Waals surface area contributed by atoms with Gasteiger partial charge in [0.15, 0.2) is 0 Å². The number of aromatic nitrogens is 1. The molecule has 29 heteroatoms. The van der Waals surface area contributed by atoms with E-state index >= 15 is 0 Å². The minimum atomic E-state index is -4.06. The molecule has 2 aliphatic heterocycles. The van der Waals surface area contributed by atoms with Crippen LogP contribution >= 0.6 is 0 Å². The van der Waals surface area contributed by atoms with Gasteiger partial charge in [-0.15, -0.1) is 0 Å². The van der Waals surface area contributed by atoms with E-state index < -0.39 is 60.4 Å². The number of piperazine rings is 1. The number of ether oxygens (including phenoxy) is 2. The van der Waals surface area contributed by atoms with Crippen molar-refractivity contribution < 1.29 is 80.8 Å². The van der Waals surface area contributed by atoms with Crippen LogP contribution in [0.3, 0.4) is 0 Å². The molecule has 24 nitrogen and oxygen atoms in total. The van der Waals surface area contributed by atoms with Gasteiger partial charge >= 0.3 is 18.2 Å². The number of urea groups is 1. The van der Waals surface area contributed by atoms with Gasteiger partial charge in [0.25, 0.3) is 30.1 Å². The minimum absolute atomic E-state index is 0. The maximum absolute atomic E-state index is 14.0. The topological polar surface area (TPSA) is 310 Å². The number of nitrogens with zero attached hydrogens (tertiary/aromatic N) is 4. The van der Waals surface area contributed by atoms with Crippen molar-refractivity contribution in [2.75, 3.05) is 74.8 Å². The highest BCUT2D eigenvalue weighted by Gasteiger charge is 2.28. The Bertz CT molecular complexity index is 4040. The second kappa shape index (κ2) is 29.3. The van der Waals surface area contributed by atoms with Crippen molar-refractivity contribution >= 4 is 99.7 Å². The van der Waals surface area contributed by atoms with Gasteiger partial charge in [-0.25, -0.2) is 62.6 Å². The fourth-order valence-corrected chi connectivity index (χ4v) is 11.9. The minimum Gasteiger partial charge on any atom is -0.452 e. The second-order valence-electron chi connectivity index (χ2n) is 20.0. The number of benzene rings is 6. The van der Waals surface area contributed by atoms with Gasteiger partial charge < -0.3 is 44.7 Å². The van der Waals surface area contributed by atoms with Crippen LogP contribution in [0.15, 0.2) is 166 Å². The number of methoxy groups -OCH3 is 2. The third kappa shape index (κ3) is 17.6. The molecule has 0 unspecified atom stereocenters. The van der Waals surface area contributed by atoms with Gasteiger partial charge in [0, 0.05) is 75.6 Å². The number of hydrogen-bond donors (Lipinski definition) is 6. The van der Waals surface area contributed by atoms with Crippen LogP contribution in [0.1, 0.15) is 46.0 Å². The molecule has 6 aromatic carbocycles. The lowest BCUT2D eigenvalue weighted by Crippen LogP contribution is -2.51. The Morgan fingerprint density at radius 2 is 1.07 bits per heavy atom. The van der Waals surface area contributed by atoms with Crippen molar-refractivity contribution in [1.29, 1.82) is 0 Å². The number of rotatable bonds is 15. The summed E-state index contributed by atoms with van der Waals surface area (Å²) in [5, 5.41) is 8.59. The average molecular weight is 1280 g/mol. The molecule has 6 N–H and O–H groups in total. The molecule has 1 fully saturated rings. The molecule has 0 spiro atoms. The molecule has 3 heterocycles. The van der Waals surface area contributed by atoms with Crippen LogP contribution < -0.4 is 35.0 Å². The number of nitrogens with one attached hydrogen (secondary N) is 6. The zero-order valence-electron chi connectivity index (χ0n) is 48.2. The Balaban J connectivity index is 0.000000693. The maximum Gasteiger partial charge on any atom is 0.420 e. The number of halogens is 2. The molecule has 2 aliphatic rings. The van der Waals surface area contributed by atoms with Gasteiger partial charge in [0.2, 0.25) is 17.7 Å². The molecule has 7 aromatic rings. The first kappa shape index (κ1) is 66.1. The Kier molecular flexibility index (Phi) is 22.0. The summed E-state index contributed by atoms with van der Waals surface area (Å²) < 4.78 is 116. The Morgan fingerprint density at radius 3 is 1.59 bits per heavy atom. The highest BCUT2D eigenvalue weighted by molar-refractivity contribution is 7.90. The van der Waals surface area contributed by atoms with E-state index in [4.69, 9.17) is 0 Å². The van der Waals surface area contributed by atoms with E-state index in [9.17, 15) is 62.8 Å². The second-order valence-corrected chi connectivity index (χ2v) is 25.0. The normalized spacial score (nSPS) is 13.9. The number of sulfonamides is 3. The molecule has 0 saturated carbocycles. The summed E-state index contributed by atoms with van der Waals surface area (Å²) in [7, 11) is -8.06. The van der Waals surface area contributed by atoms with Crippen molar-refractivity contribution in [1.82, 2.24) is 28.5 Å². The largest absolute Gasteiger partial charge is 0.452 e. The van der Waals surface area contributed by atoms with Gasteiger partial charge in [-0.3, -0.25) is 14.4 Å². The summed E-state index contributed by atoms with van der Waals surface area (Å²) in [6.45, 7) is 6.36. The number of anilines is 4. The summed E-state index contributed by atoms with van der Waals surface area (Å²) in [5.41, 5.74) is 4.42. The average Bonchev–Trinajstić information content (AvgIpc) is 1.42. The number of hydrogen-bond acceptors (Lipinski definition) is 16. The summed E-state index contributed by atoms with van der Waals surface area (Å²) in [5.74, 6) is -1.51. The predicted molar refractivity (Wildman–Crippen MR) is 336 cm³/mol. The van der Waals surface area contributed by atoms with Crippen LogP contribution in [0.25, 0.3) is 10.9 Å². The summed E-state index contributed by atoms with van der Waals surface area (Å²) in [6, 6.07) is 34.6. The number of carbonyl (C=O) groups is 6. The first-order chi connectivity index (χ1) is 41.8. The van der Waals surface area contributed by atoms with Crippen molar-refractivity contribution in [3.8, 4) is 0 Å². The van der Waals surface area contributed by atoms with Crippen LogP contribution in [0.4, 0.5) is 45.9 Å². The van der Waals surface area contributed by atoms with Gasteiger partial charge in [0.05, 0.1) is 40.8 Å². The fourth-order valence-electron chi connectivity index (χ4n) is 9.05. The zero-order valence-corrected chi connectivity index (χ0v) is 50.7. The van der Waals surface area contributed by atoms with Gasteiger partial charge in [0.1, 0.15) is 23.7 Å². The van der Waals surface area contributed by atoms with Crippen molar-refractivity contribution in [2.45, 2.75) is 59.9 Å². The molecule has 478 valence electrons. The van der Waals surface area contributed by atoms with Crippen LogP contribution in [0.5, 0.6) is 0 Å². The van der Waals surface area contributed by atoms with Crippen molar-refractivity contribution in [3.05, 3.63) is 175 Å². The molecule has 1 saturated heterocycles. The molecule has 0 radical (unpaired) electrons. The van der Waals surface area contributed by atoms with Crippen molar-refractivity contribution in [2.24, 2.45) is 0 Å². The highest BCUT2D eigenvalue weighted by Crippen LogP contribution is 2.30. The summed E-state index contributed by atoms with van der Waals surface area (Å²) in [6.07, 6.45) is 1.26. The van der Waals surface area contributed by atoms with Gasteiger partial charge in [-0.1, -0.05) is 36.4 Å². The maximum atomic E-state index is 14.0. The number of amides is 7.